The van der Waals surface area contributed by atoms with Gasteiger partial charge >= 0.3 is 0 Å². The number of rotatable bonds is 2. The first kappa shape index (κ1) is 15.6. The van der Waals surface area contributed by atoms with Crippen LogP contribution in [-0.2, 0) is 6.42 Å². The van der Waals surface area contributed by atoms with Crippen LogP contribution in [0.25, 0.3) is 0 Å². The third-order valence-corrected chi connectivity index (χ3v) is 5.20. The Labute approximate surface area is 125 Å². The van der Waals surface area contributed by atoms with E-state index in [-0.39, 0.29) is 5.54 Å². The minimum atomic E-state index is -0.00144. The van der Waals surface area contributed by atoms with Crippen molar-refractivity contribution in [3.8, 4) is 0 Å². The van der Waals surface area contributed by atoms with Crippen LogP contribution in [0.2, 0.25) is 0 Å². The molecule has 1 saturated carbocycles. The molecule has 20 heavy (non-hydrogen) atoms. The number of benzene rings is 1. The van der Waals surface area contributed by atoms with Crippen molar-refractivity contribution in [1.29, 1.82) is 0 Å². The van der Waals surface area contributed by atoms with Crippen LogP contribution in [0.4, 0.5) is 0 Å². The van der Waals surface area contributed by atoms with E-state index in [1.165, 1.54) is 47.9 Å². The molecular formula is C19H31N. The normalized spacial score (nSPS) is 26.3. The first-order valence-electron chi connectivity index (χ1n) is 8.06. The smallest absolute Gasteiger partial charge is 0.0195 e. The zero-order valence-corrected chi connectivity index (χ0v) is 14.0. The van der Waals surface area contributed by atoms with Crippen molar-refractivity contribution in [3.05, 3.63) is 34.4 Å². The third kappa shape index (κ3) is 3.63. The molecule has 1 unspecified atom stereocenters. The predicted octanol–water partition coefficient (Wildman–Crippen LogP) is 4.84. The number of aryl methyl sites for hydroxylation is 3. The van der Waals surface area contributed by atoms with Crippen molar-refractivity contribution >= 4 is 0 Å². The molecule has 112 valence electrons. The Hall–Kier alpha value is -0.820. The summed E-state index contributed by atoms with van der Waals surface area (Å²) in [5, 5.41) is 0. The van der Waals surface area contributed by atoms with Gasteiger partial charge in [0.05, 0.1) is 0 Å². The molecule has 0 heterocycles. The molecule has 0 amide bonds. The van der Waals surface area contributed by atoms with E-state index in [1.807, 2.05) is 0 Å². The number of nitrogens with two attached hydrogens (primary N) is 1. The number of hydrogen-bond acceptors (Lipinski definition) is 1. The SMILES string of the molecule is Cc1cc(C)c(CC2(N)CCCC(C)(C)CC2)c(C)c1. The van der Waals surface area contributed by atoms with Crippen molar-refractivity contribution in [3.63, 3.8) is 0 Å². The molecule has 0 bridgehead atoms. The van der Waals surface area contributed by atoms with E-state index in [1.54, 1.807) is 0 Å². The Morgan fingerprint density at radius 1 is 0.950 bits per heavy atom. The highest BCUT2D eigenvalue weighted by molar-refractivity contribution is 5.38. The van der Waals surface area contributed by atoms with Crippen molar-refractivity contribution in [1.82, 2.24) is 0 Å². The molecule has 1 heteroatoms. The van der Waals surface area contributed by atoms with Crippen molar-refractivity contribution in [2.75, 3.05) is 0 Å². The first-order chi connectivity index (χ1) is 9.21. The van der Waals surface area contributed by atoms with Gasteiger partial charge in [-0.25, -0.2) is 0 Å². The second-order valence-electron chi connectivity index (χ2n) is 7.93. The lowest BCUT2D eigenvalue weighted by Gasteiger charge is -2.31. The highest BCUT2D eigenvalue weighted by Gasteiger charge is 2.33. The van der Waals surface area contributed by atoms with Crippen LogP contribution in [0.1, 0.15) is 68.2 Å². The summed E-state index contributed by atoms with van der Waals surface area (Å²) in [6.07, 6.45) is 7.22. The Kier molecular flexibility index (Phi) is 4.30. The minimum absolute atomic E-state index is 0.00144. The highest BCUT2D eigenvalue weighted by Crippen LogP contribution is 2.39. The molecule has 1 nitrogen and oxygen atoms in total. The standard InChI is InChI=1S/C19H31N/c1-14-11-15(2)17(16(3)12-14)13-19(20)8-6-7-18(4,5)9-10-19/h11-12H,6-10,13,20H2,1-5H3. The second kappa shape index (κ2) is 5.52. The molecule has 1 atom stereocenters. The Balaban J connectivity index is 2.20. The molecule has 1 fully saturated rings. The predicted molar refractivity (Wildman–Crippen MR) is 88.1 cm³/mol. The van der Waals surface area contributed by atoms with Crippen LogP contribution in [0, 0.1) is 26.2 Å². The fourth-order valence-electron chi connectivity index (χ4n) is 3.77. The molecule has 0 radical (unpaired) electrons. The fourth-order valence-corrected chi connectivity index (χ4v) is 3.77. The van der Waals surface area contributed by atoms with E-state index in [4.69, 9.17) is 5.73 Å². The van der Waals surface area contributed by atoms with Crippen LogP contribution in [0.15, 0.2) is 12.1 Å². The minimum Gasteiger partial charge on any atom is -0.325 e. The van der Waals surface area contributed by atoms with E-state index >= 15 is 0 Å². The summed E-state index contributed by atoms with van der Waals surface area (Å²) in [4.78, 5) is 0. The summed E-state index contributed by atoms with van der Waals surface area (Å²) in [6, 6.07) is 4.60. The van der Waals surface area contributed by atoms with Gasteiger partial charge in [-0.05, 0) is 75.0 Å². The second-order valence-corrected chi connectivity index (χ2v) is 7.93. The maximum absolute atomic E-state index is 6.79. The monoisotopic (exact) mass is 273 g/mol. The summed E-state index contributed by atoms with van der Waals surface area (Å²) in [5.41, 5.74) is 12.9. The van der Waals surface area contributed by atoms with Gasteiger partial charge in [0.25, 0.3) is 0 Å². The van der Waals surface area contributed by atoms with E-state index in [9.17, 15) is 0 Å². The molecule has 0 saturated heterocycles. The van der Waals surface area contributed by atoms with Gasteiger partial charge in [-0.2, -0.15) is 0 Å². The Bertz CT molecular complexity index is 464. The maximum atomic E-state index is 6.79. The van der Waals surface area contributed by atoms with Gasteiger partial charge in [-0.1, -0.05) is 38.0 Å². The highest BCUT2D eigenvalue weighted by atomic mass is 14.7. The molecule has 1 aromatic rings. The lowest BCUT2D eigenvalue weighted by atomic mass is 9.80. The molecule has 2 N–H and O–H groups in total. The summed E-state index contributed by atoms with van der Waals surface area (Å²) in [6.45, 7) is 11.4. The molecule has 1 aliphatic carbocycles. The van der Waals surface area contributed by atoms with Gasteiger partial charge in [0, 0.05) is 5.54 Å². The largest absolute Gasteiger partial charge is 0.325 e. The topological polar surface area (TPSA) is 26.0 Å². The van der Waals surface area contributed by atoms with E-state index in [0.717, 1.165) is 12.8 Å². The summed E-state index contributed by atoms with van der Waals surface area (Å²) in [5.74, 6) is 0. The Morgan fingerprint density at radius 2 is 1.55 bits per heavy atom. The summed E-state index contributed by atoms with van der Waals surface area (Å²) < 4.78 is 0. The molecule has 0 aliphatic heterocycles. The lowest BCUT2D eigenvalue weighted by molar-refractivity contribution is 0.297. The van der Waals surface area contributed by atoms with Crippen LogP contribution < -0.4 is 5.73 Å². The third-order valence-electron chi connectivity index (χ3n) is 5.20. The molecule has 0 aromatic heterocycles. The number of hydrogen-bond donors (Lipinski definition) is 1. The van der Waals surface area contributed by atoms with E-state index < -0.39 is 0 Å². The first-order valence-corrected chi connectivity index (χ1v) is 8.06. The van der Waals surface area contributed by atoms with E-state index in [2.05, 4.69) is 46.8 Å². The molecule has 0 spiro atoms. The van der Waals surface area contributed by atoms with Gasteiger partial charge < -0.3 is 5.73 Å². The van der Waals surface area contributed by atoms with Crippen LogP contribution in [0.5, 0.6) is 0 Å². The molecular weight excluding hydrogens is 242 g/mol. The van der Waals surface area contributed by atoms with Crippen molar-refractivity contribution in [2.45, 2.75) is 78.7 Å². The average molecular weight is 273 g/mol. The zero-order valence-electron chi connectivity index (χ0n) is 14.0. The van der Waals surface area contributed by atoms with Gasteiger partial charge in [-0.15, -0.1) is 0 Å². The Morgan fingerprint density at radius 3 is 2.15 bits per heavy atom. The lowest BCUT2D eigenvalue weighted by Crippen LogP contribution is -2.42. The fraction of sp³-hybridized carbons (Fsp3) is 0.684. The summed E-state index contributed by atoms with van der Waals surface area (Å²) >= 11 is 0. The average Bonchev–Trinajstić information content (AvgIpc) is 2.44. The van der Waals surface area contributed by atoms with Gasteiger partial charge in [0.2, 0.25) is 0 Å². The van der Waals surface area contributed by atoms with Crippen LogP contribution in [0.3, 0.4) is 0 Å². The molecule has 1 aliphatic rings. The van der Waals surface area contributed by atoms with Gasteiger partial charge in [0.15, 0.2) is 0 Å². The molecule has 1 aromatic carbocycles. The van der Waals surface area contributed by atoms with E-state index in [0.29, 0.717) is 5.41 Å². The quantitative estimate of drug-likeness (QED) is 0.766. The zero-order chi connectivity index (χ0) is 15.0. The van der Waals surface area contributed by atoms with Gasteiger partial charge in [-0.3, -0.25) is 0 Å². The maximum Gasteiger partial charge on any atom is 0.0195 e. The van der Waals surface area contributed by atoms with Crippen LogP contribution in [-0.4, -0.2) is 5.54 Å². The summed E-state index contributed by atoms with van der Waals surface area (Å²) in [7, 11) is 0. The van der Waals surface area contributed by atoms with Gasteiger partial charge in [0.1, 0.15) is 0 Å². The molecule has 2 rings (SSSR count). The van der Waals surface area contributed by atoms with Crippen molar-refractivity contribution < 1.29 is 0 Å². The van der Waals surface area contributed by atoms with Crippen molar-refractivity contribution in [2.24, 2.45) is 11.1 Å². The van der Waals surface area contributed by atoms with Crippen LogP contribution >= 0.6 is 0 Å².